The van der Waals surface area contributed by atoms with Crippen molar-refractivity contribution in [3.63, 3.8) is 0 Å². The highest BCUT2D eigenvalue weighted by Crippen LogP contribution is 2.36. The lowest BCUT2D eigenvalue weighted by Gasteiger charge is -2.36. The first-order chi connectivity index (χ1) is 13.2. The molecule has 2 aromatic rings. The number of anilines is 1. The number of ether oxygens (including phenoxy) is 1. The Morgan fingerprint density at radius 3 is 1.89 bits per heavy atom. The van der Waals surface area contributed by atoms with Crippen LogP contribution in [0.3, 0.4) is 0 Å². The maximum absolute atomic E-state index is 6.14. The lowest BCUT2D eigenvalue weighted by Crippen LogP contribution is -2.41. The first kappa shape index (κ1) is 22.4. The van der Waals surface area contributed by atoms with Crippen LogP contribution in [0, 0.1) is 0 Å². The third-order valence-electron chi connectivity index (χ3n) is 5.41. The quantitative estimate of drug-likeness (QED) is 0.300. The smallest absolute Gasteiger partial charge is 0.192 e. The number of nitrogens with one attached hydrogen (secondary N) is 1. The molecule has 0 aromatic heterocycles. The molecule has 4 heteroatoms. The highest BCUT2D eigenvalue weighted by atomic mass is 28.4. The summed E-state index contributed by atoms with van der Waals surface area (Å²) < 4.78 is 11.9. The average molecular weight is 398 g/mol. The van der Waals surface area contributed by atoms with Crippen LogP contribution in [0.5, 0.6) is 0 Å². The zero-order chi connectivity index (χ0) is 20.6. The molecular formula is C24H35NO2Si. The zero-order valence-corrected chi connectivity index (χ0v) is 19.2. The van der Waals surface area contributed by atoms with E-state index in [1.807, 2.05) is 7.05 Å². The molecule has 0 unspecified atom stereocenters. The SMILES string of the molecule is CNc1ccc(/C=C/c2ccc(COCCO[Si](C)(C)C(C)(C)C)cc2)cc1. The molecule has 0 radical (unpaired) electrons. The van der Waals surface area contributed by atoms with Crippen LogP contribution in [0.2, 0.25) is 18.1 Å². The fourth-order valence-corrected chi connectivity index (χ4v) is 3.47. The Morgan fingerprint density at radius 1 is 0.857 bits per heavy atom. The van der Waals surface area contributed by atoms with E-state index >= 15 is 0 Å². The topological polar surface area (TPSA) is 30.5 Å². The second-order valence-electron chi connectivity index (χ2n) is 8.61. The Hall–Kier alpha value is -1.88. The van der Waals surface area contributed by atoms with Gasteiger partial charge in [-0.05, 0) is 47.0 Å². The van der Waals surface area contributed by atoms with Crippen molar-refractivity contribution in [2.75, 3.05) is 25.6 Å². The van der Waals surface area contributed by atoms with Gasteiger partial charge < -0.3 is 14.5 Å². The lowest BCUT2D eigenvalue weighted by molar-refractivity contribution is 0.0846. The molecule has 0 fully saturated rings. The van der Waals surface area contributed by atoms with Gasteiger partial charge in [0.15, 0.2) is 8.32 Å². The van der Waals surface area contributed by atoms with E-state index in [9.17, 15) is 0 Å². The molecule has 0 saturated carbocycles. The normalized spacial score (nSPS) is 12.5. The van der Waals surface area contributed by atoms with E-state index in [0.717, 1.165) is 5.69 Å². The van der Waals surface area contributed by atoms with E-state index in [2.05, 4.69) is 99.9 Å². The van der Waals surface area contributed by atoms with Gasteiger partial charge in [0.05, 0.1) is 19.8 Å². The summed E-state index contributed by atoms with van der Waals surface area (Å²) in [7, 11) is 0.253. The molecular weight excluding hydrogens is 362 g/mol. The Labute approximate surface area is 171 Å². The minimum Gasteiger partial charge on any atom is -0.414 e. The van der Waals surface area contributed by atoms with Crippen molar-refractivity contribution < 1.29 is 9.16 Å². The van der Waals surface area contributed by atoms with Gasteiger partial charge in [0.2, 0.25) is 0 Å². The van der Waals surface area contributed by atoms with Crippen LogP contribution < -0.4 is 5.32 Å². The molecule has 3 nitrogen and oxygen atoms in total. The van der Waals surface area contributed by atoms with Crippen molar-refractivity contribution in [3.05, 3.63) is 65.2 Å². The second-order valence-corrected chi connectivity index (χ2v) is 13.4. The van der Waals surface area contributed by atoms with E-state index in [4.69, 9.17) is 9.16 Å². The molecule has 0 aliphatic carbocycles. The van der Waals surface area contributed by atoms with Gasteiger partial charge in [0, 0.05) is 12.7 Å². The summed E-state index contributed by atoms with van der Waals surface area (Å²) in [6.45, 7) is 13.2. The molecule has 152 valence electrons. The van der Waals surface area contributed by atoms with E-state index in [0.29, 0.717) is 19.8 Å². The Kier molecular flexibility index (Phi) is 8.05. The van der Waals surface area contributed by atoms with E-state index < -0.39 is 8.32 Å². The molecule has 0 amide bonds. The maximum atomic E-state index is 6.14. The molecule has 0 bridgehead atoms. The van der Waals surface area contributed by atoms with Crippen molar-refractivity contribution >= 4 is 26.2 Å². The van der Waals surface area contributed by atoms with Gasteiger partial charge in [-0.3, -0.25) is 0 Å². The predicted molar refractivity (Wildman–Crippen MR) is 124 cm³/mol. The Balaban J connectivity index is 1.75. The molecule has 0 aliphatic heterocycles. The van der Waals surface area contributed by atoms with Crippen LogP contribution in [0.15, 0.2) is 48.5 Å². The molecule has 2 rings (SSSR count). The average Bonchev–Trinajstić information content (AvgIpc) is 2.66. The van der Waals surface area contributed by atoms with Crippen molar-refractivity contribution in [1.29, 1.82) is 0 Å². The van der Waals surface area contributed by atoms with Crippen molar-refractivity contribution in [3.8, 4) is 0 Å². The molecule has 0 heterocycles. The predicted octanol–water partition coefficient (Wildman–Crippen LogP) is 6.44. The first-order valence-corrected chi connectivity index (χ1v) is 12.9. The monoisotopic (exact) mass is 397 g/mol. The third-order valence-corrected chi connectivity index (χ3v) is 9.95. The second kappa shape index (κ2) is 10.1. The number of rotatable bonds is 9. The number of hydrogen-bond acceptors (Lipinski definition) is 3. The summed E-state index contributed by atoms with van der Waals surface area (Å²) in [5.41, 5.74) is 4.68. The highest BCUT2D eigenvalue weighted by molar-refractivity contribution is 6.74. The summed E-state index contributed by atoms with van der Waals surface area (Å²) in [4.78, 5) is 0. The Morgan fingerprint density at radius 2 is 1.39 bits per heavy atom. The molecule has 28 heavy (non-hydrogen) atoms. The third kappa shape index (κ3) is 6.93. The Bertz CT molecular complexity index is 744. The molecule has 2 aromatic carbocycles. The lowest BCUT2D eigenvalue weighted by atomic mass is 10.1. The van der Waals surface area contributed by atoms with Crippen molar-refractivity contribution in [2.24, 2.45) is 0 Å². The molecule has 0 atom stereocenters. The van der Waals surface area contributed by atoms with E-state index in [1.165, 1.54) is 16.7 Å². The fourth-order valence-electron chi connectivity index (χ4n) is 2.44. The van der Waals surface area contributed by atoms with Gasteiger partial charge in [-0.2, -0.15) is 0 Å². The fraction of sp³-hybridized carbons (Fsp3) is 0.417. The highest BCUT2D eigenvalue weighted by Gasteiger charge is 2.36. The zero-order valence-electron chi connectivity index (χ0n) is 18.2. The summed E-state index contributed by atoms with van der Waals surface area (Å²) >= 11 is 0. The number of benzene rings is 2. The van der Waals surface area contributed by atoms with E-state index in [1.54, 1.807) is 0 Å². The standard InChI is InChI=1S/C24H35NO2Si/c1-24(2,3)28(5,6)27-18-17-26-19-22-11-9-20(10-12-22)7-8-21-13-15-23(25-4)16-14-21/h7-16,25H,17-19H2,1-6H3/b8-7+. The summed E-state index contributed by atoms with van der Waals surface area (Å²) in [5, 5.41) is 3.37. The van der Waals surface area contributed by atoms with Crippen LogP contribution in [0.1, 0.15) is 37.5 Å². The van der Waals surface area contributed by atoms with Gasteiger partial charge in [0.1, 0.15) is 0 Å². The van der Waals surface area contributed by atoms with E-state index in [-0.39, 0.29) is 5.04 Å². The summed E-state index contributed by atoms with van der Waals surface area (Å²) in [6.07, 6.45) is 4.26. The van der Waals surface area contributed by atoms with Crippen LogP contribution in [-0.4, -0.2) is 28.6 Å². The van der Waals surface area contributed by atoms with Gasteiger partial charge >= 0.3 is 0 Å². The van der Waals surface area contributed by atoms with Crippen molar-refractivity contribution in [2.45, 2.75) is 45.5 Å². The first-order valence-electron chi connectivity index (χ1n) is 9.98. The molecule has 0 aliphatic rings. The van der Waals surface area contributed by atoms with Crippen LogP contribution in [-0.2, 0) is 15.8 Å². The largest absolute Gasteiger partial charge is 0.414 e. The molecule has 0 saturated heterocycles. The van der Waals surface area contributed by atoms with Crippen LogP contribution in [0.25, 0.3) is 12.2 Å². The molecule has 0 spiro atoms. The summed E-state index contributed by atoms with van der Waals surface area (Å²) in [5.74, 6) is 0. The summed E-state index contributed by atoms with van der Waals surface area (Å²) in [6, 6.07) is 16.9. The maximum Gasteiger partial charge on any atom is 0.192 e. The minimum atomic E-state index is -1.68. The van der Waals surface area contributed by atoms with Crippen molar-refractivity contribution in [1.82, 2.24) is 0 Å². The minimum absolute atomic E-state index is 0.241. The van der Waals surface area contributed by atoms with Gasteiger partial charge in [-0.25, -0.2) is 0 Å². The van der Waals surface area contributed by atoms with Crippen LogP contribution in [0.4, 0.5) is 5.69 Å². The van der Waals surface area contributed by atoms with Gasteiger partial charge in [-0.15, -0.1) is 0 Å². The van der Waals surface area contributed by atoms with Gasteiger partial charge in [-0.1, -0.05) is 69.3 Å². The van der Waals surface area contributed by atoms with Crippen LogP contribution >= 0.6 is 0 Å². The molecule has 1 N–H and O–H groups in total. The number of hydrogen-bond donors (Lipinski definition) is 1. The van der Waals surface area contributed by atoms with Gasteiger partial charge in [0.25, 0.3) is 0 Å².